The Morgan fingerprint density at radius 2 is 1.96 bits per heavy atom. The second-order valence-corrected chi connectivity index (χ2v) is 7.41. The lowest BCUT2D eigenvalue weighted by atomic mass is 10.2. The summed E-state index contributed by atoms with van der Waals surface area (Å²) in [5.74, 6) is 0.104. The molecule has 27 heavy (non-hydrogen) atoms. The summed E-state index contributed by atoms with van der Waals surface area (Å²) in [7, 11) is 1.55. The summed E-state index contributed by atoms with van der Waals surface area (Å²) in [6.07, 6.45) is 2.82. The monoisotopic (exact) mass is 395 g/mol. The maximum absolute atomic E-state index is 12.3. The molecule has 0 saturated heterocycles. The van der Waals surface area contributed by atoms with Crippen LogP contribution in [0.3, 0.4) is 0 Å². The van der Waals surface area contributed by atoms with E-state index in [-0.39, 0.29) is 22.7 Å². The van der Waals surface area contributed by atoms with Crippen LogP contribution in [0.25, 0.3) is 5.65 Å². The summed E-state index contributed by atoms with van der Waals surface area (Å²) in [4.78, 5) is 30.1. The molecule has 2 amide bonds. The molecule has 1 saturated carbocycles. The van der Waals surface area contributed by atoms with E-state index in [0.717, 1.165) is 12.8 Å². The highest BCUT2D eigenvalue weighted by Gasteiger charge is 2.27. The number of hydrogen-bond acceptors (Lipinski definition) is 5. The summed E-state index contributed by atoms with van der Waals surface area (Å²) >= 11 is 6.09. The van der Waals surface area contributed by atoms with Crippen LogP contribution in [0.1, 0.15) is 57.8 Å². The van der Waals surface area contributed by atoms with Gasteiger partial charge in [-0.25, -0.2) is 9.78 Å². The van der Waals surface area contributed by atoms with Crippen LogP contribution in [0.15, 0.2) is 12.3 Å². The Morgan fingerprint density at radius 1 is 1.33 bits per heavy atom. The Hall–Kier alpha value is -2.35. The predicted molar refractivity (Wildman–Crippen MR) is 104 cm³/mol. The van der Waals surface area contributed by atoms with Crippen LogP contribution in [0.2, 0.25) is 5.15 Å². The molecule has 9 heteroatoms. The molecule has 2 heterocycles. The summed E-state index contributed by atoms with van der Waals surface area (Å²) in [5.41, 5.74) is -0.0370. The Balaban J connectivity index is 0.00000126. The first-order valence-corrected chi connectivity index (χ1v) is 9.35. The van der Waals surface area contributed by atoms with Crippen LogP contribution in [0.5, 0.6) is 0 Å². The van der Waals surface area contributed by atoms with Crippen molar-refractivity contribution in [1.29, 1.82) is 0 Å². The number of fused-ring (bicyclic) bond motifs is 1. The topological polar surface area (TPSA) is 88.8 Å². The van der Waals surface area contributed by atoms with E-state index in [1.165, 1.54) is 21.7 Å². The van der Waals surface area contributed by atoms with Crippen LogP contribution in [-0.2, 0) is 4.74 Å². The van der Waals surface area contributed by atoms with Gasteiger partial charge in [-0.1, -0.05) is 25.4 Å². The molecule has 0 aliphatic heterocycles. The predicted octanol–water partition coefficient (Wildman–Crippen LogP) is 3.67. The molecular weight excluding hydrogens is 370 g/mol. The van der Waals surface area contributed by atoms with Gasteiger partial charge in [0.15, 0.2) is 5.65 Å². The minimum Gasteiger partial charge on any atom is -0.443 e. The molecule has 3 rings (SSSR count). The van der Waals surface area contributed by atoms with E-state index in [2.05, 4.69) is 15.4 Å². The maximum atomic E-state index is 12.3. The minimum absolute atomic E-state index is 0.152. The van der Waals surface area contributed by atoms with Crippen molar-refractivity contribution < 1.29 is 14.3 Å². The number of ether oxygens (including phenoxy) is 1. The number of aromatic nitrogens is 3. The molecule has 0 unspecified atom stereocenters. The number of nitrogens with zero attached hydrogens (tertiary/aromatic N) is 4. The third-order valence-electron chi connectivity index (χ3n) is 3.59. The van der Waals surface area contributed by atoms with Crippen LogP contribution in [-0.4, -0.2) is 45.3 Å². The van der Waals surface area contributed by atoms with Gasteiger partial charge in [0.25, 0.3) is 5.91 Å². The summed E-state index contributed by atoms with van der Waals surface area (Å²) in [6.45, 7) is 9.34. The Morgan fingerprint density at radius 3 is 2.52 bits per heavy atom. The van der Waals surface area contributed by atoms with Gasteiger partial charge in [-0.05, 0) is 33.6 Å². The highest BCUT2D eigenvalue weighted by atomic mass is 35.5. The zero-order chi connectivity index (χ0) is 20.4. The lowest BCUT2D eigenvalue weighted by Crippen LogP contribution is -2.35. The zero-order valence-electron chi connectivity index (χ0n) is 16.5. The Kier molecular flexibility index (Phi) is 6.30. The van der Waals surface area contributed by atoms with E-state index in [0.29, 0.717) is 11.4 Å². The number of amides is 2. The lowest BCUT2D eigenvalue weighted by Gasteiger charge is -2.24. The minimum atomic E-state index is -0.638. The van der Waals surface area contributed by atoms with Gasteiger partial charge < -0.3 is 10.1 Å². The van der Waals surface area contributed by atoms with E-state index in [1.807, 2.05) is 13.8 Å². The molecule has 148 valence electrons. The molecular formula is C18H26ClN5O3. The van der Waals surface area contributed by atoms with Crippen molar-refractivity contribution in [2.45, 2.75) is 59.1 Å². The summed E-state index contributed by atoms with van der Waals surface area (Å²) < 4.78 is 6.76. The molecule has 1 N–H and O–H groups in total. The first kappa shape index (κ1) is 21.0. The van der Waals surface area contributed by atoms with E-state index >= 15 is 0 Å². The number of carbonyl (C=O) groups excluding carboxylic acids is 2. The number of hydrogen-bond donors (Lipinski definition) is 1. The van der Waals surface area contributed by atoms with Crippen molar-refractivity contribution in [3.63, 3.8) is 0 Å². The van der Waals surface area contributed by atoms with Crippen molar-refractivity contribution in [1.82, 2.24) is 19.9 Å². The molecule has 0 spiro atoms. The number of halogens is 1. The second-order valence-electron chi connectivity index (χ2n) is 7.02. The van der Waals surface area contributed by atoms with Crippen LogP contribution in [0.4, 0.5) is 10.6 Å². The standard InChI is InChI=1S/C16H20ClN5O3.C2H6/c1-16(2,3)25-15(24)21(4)12-7-11(17)20-13-10(8-18-22(12)13)14(23)19-9-5-6-9;1-2/h7-9H,5-6H2,1-4H3,(H,19,23);1-2H3. The van der Waals surface area contributed by atoms with E-state index in [1.54, 1.807) is 27.8 Å². The molecule has 0 bridgehead atoms. The molecule has 1 fully saturated rings. The van der Waals surface area contributed by atoms with Gasteiger partial charge in [0.1, 0.15) is 22.1 Å². The average molecular weight is 396 g/mol. The van der Waals surface area contributed by atoms with Crippen molar-refractivity contribution in [3.8, 4) is 0 Å². The van der Waals surface area contributed by atoms with Crippen LogP contribution in [0, 0.1) is 0 Å². The first-order valence-electron chi connectivity index (χ1n) is 8.97. The van der Waals surface area contributed by atoms with Crippen molar-refractivity contribution >= 4 is 35.1 Å². The quantitative estimate of drug-likeness (QED) is 0.801. The highest BCUT2D eigenvalue weighted by Crippen LogP contribution is 2.24. The van der Waals surface area contributed by atoms with E-state index in [4.69, 9.17) is 16.3 Å². The number of carbonyl (C=O) groups is 2. The van der Waals surface area contributed by atoms with E-state index in [9.17, 15) is 9.59 Å². The average Bonchev–Trinajstić information content (AvgIpc) is 3.29. The Bertz CT molecular complexity index is 839. The normalized spacial score (nSPS) is 13.6. The van der Waals surface area contributed by atoms with Crippen LogP contribution >= 0.6 is 11.6 Å². The van der Waals surface area contributed by atoms with Crippen molar-refractivity contribution in [2.24, 2.45) is 0 Å². The third kappa shape index (κ3) is 5.09. The number of anilines is 1. The fourth-order valence-corrected chi connectivity index (χ4v) is 2.41. The van der Waals surface area contributed by atoms with Crippen molar-refractivity contribution in [2.75, 3.05) is 11.9 Å². The highest BCUT2D eigenvalue weighted by molar-refractivity contribution is 6.30. The lowest BCUT2D eigenvalue weighted by molar-refractivity contribution is 0.0587. The maximum Gasteiger partial charge on any atom is 0.415 e. The smallest absolute Gasteiger partial charge is 0.415 e. The van der Waals surface area contributed by atoms with Gasteiger partial charge in [-0.3, -0.25) is 9.69 Å². The molecule has 0 radical (unpaired) electrons. The molecule has 0 atom stereocenters. The Labute approximate surface area is 163 Å². The number of rotatable bonds is 3. The molecule has 1 aliphatic carbocycles. The SMILES string of the molecule is CC.CN(C(=O)OC(C)(C)C)c1cc(Cl)nc2c(C(=O)NC3CC3)cnn12. The zero-order valence-corrected chi connectivity index (χ0v) is 17.3. The van der Waals surface area contributed by atoms with E-state index < -0.39 is 11.7 Å². The summed E-state index contributed by atoms with van der Waals surface area (Å²) in [6, 6.07) is 1.71. The van der Waals surface area contributed by atoms with Gasteiger partial charge in [-0.2, -0.15) is 9.61 Å². The molecule has 8 nitrogen and oxygen atoms in total. The largest absolute Gasteiger partial charge is 0.443 e. The fourth-order valence-electron chi connectivity index (χ4n) is 2.23. The molecule has 1 aliphatic rings. The van der Waals surface area contributed by atoms with Gasteiger partial charge in [0.05, 0.1) is 6.20 Å². The fraction of sp³-hybridized carbons (Fsp3) is 0.556. The number of nitrogens with one attached hydrogen (secondary N) is 1. The van der Waals surface area contributed by atoms with Crippen LogP contribution < -0.4 is 10.2 Å². The second kappa shape index (κ2) is 8.12. The molecule has 0 aromatic carbocycles. The van der Waals surface area contributed by atoms with Gasteiger partial charge in [0, 0.05) is 19.2 Å². The van der Waals surface area contributed by atoms with Gasteiger partial charge in [0.2, 0.25) is 0 Å². The molecule has 2 aromatic rings. The summed E-state index contributed by atoms with van der Waals surface area (Å²) in [5, 5.41) is 7.24. The van der Waals surface area contributed by atoms with Crippen molar-refractivity contribution in [3.05, 3.63) is 23.0 Å². The van der Waals surface area contributed by atoms with Gasteiger partial charge >= 0.3 is 6.09 Å². The first-order chi connectivity index (χ1) is 12.7. The third-order valence-corrected chi connectivity index (χ3v) is 3.78. The molecule has 2 aromatic heterocycles. The van der Waals surface area contributed by atoms with Gasteiger partial charge in [-0.15, -0.1) is 0 Å².